The first-order valence-corrected chi connectivity index (χ1v) is 4.94. The quantitative estimate of drug-likeness (QED) is 0.477. The molecule has 0 aliphatic heterocycles. The van der Waals surface area contributed by atoms with Crippen molar-refractivity contribution in [1.29, 1.82) is 0 Å². The summed E-state index contributed by atoms with van der Waals surface area (Å²) in [7, 11) is 0. The molecule has 0 unspecified atom stereocenters. The van der Waals surface area contributed by atoms with Crippen molar-refractivity contribution in [3.8, 4) is 5.75 Å². The van der Waals surface area contributed by atoms with E-state index in [1.165, 1.54) is 18.3 Å². The van der Waals surface area contributed by atoms with Crippen LogP contribution in [0.1, 0.15) is 11.1 Å². The number of phenolic OH excluding ortho intramolecular Hbond substituents is 1. The summed E-state index contributed by atoms with van der Waals surface area (Å²) in [6.45, 7) is 0. The Bertz CT molecular complexity index is 527. The number of benzene rings is 1. The monoisotopic (exact) mass is 229 g/mol. The summed E-state index contributed by atoms with van der Waals surface area (Å²) in [4.78, 5) is 0. The molecule has 0 atom stereocenters. The zero-order valence-electron chi connectivity index (χ0n) is 8.95. The van der Waals surface area contributed by atoms with Crippen LogP contribution in [-0.2, 0) is 0 Å². The van der Waals surface area contributed by atoms with Gasteiger partial charge in [-0.15, -0.1) is 5.10 Å². The minimum absolute atomic E-state index is 0.184. The molecule has 0 amide bonds. The number of nitrogens with two attached hydrogens (primary N) is 1. The van der Waals surface area contributed by atoms with Crippen LogP contribution < -0.4 is 5.73 Å². The van der Waals surface area contributed by atoms with E-state index >= 15 is 0 Å². The highest BCUT2D eigenvalue weighted by atomic mass is 16.3. The Morgan fingerprint density at radius 1 is 1.24 bits per heavy atom. The van der Waals surface area contributed by atoms with E-state index in [1.807, 2.05) is 0 Å². The van der Waals surface area contributed by atoms with Crippen LogP contribution in [0.5, 0.6) is 5.75 Å². The van der Waals surface area contributed by atoms with E-state index in [-0.39, 0.29) is 11.6 Å². The molecule has 0 spiro atoms. The van der Waals surface area contributed by atoms with Gasteiger partial charge in [-0.25, -0.2) is 0 Å². The maximum Gasteiger partial charge on any atom is 0.153 e. The highest BCUT2D eigenvalue weighted by Gasteiger charge is 1.97. The van der Waals surface area contributed by atoms with Gasteiger partial charge in [0.05, 0.1) is 18.7 Å². The average Bonchev–Trinajstić information content (AvgIpc) is 2.83. The van der Waals surface area contributed by atoms with Crippen molar-refractivity contribution in [2.24, 2.45) is 15.9 Å². The van der Waals surface area contributed by atoms with E-state index in [1.54, 1.807) is 30.7 Å². The predicted octanol–water partition coefficient (Wildman–Crippen LogP) is 1.72. The highest BCUT2D eigenvalue weighted by molar-refractivity contribution is 5.97. The summed E-state index contributed by atoms with van der Waals surface area (Å²) >= 11 is 0. The van der Waals surface area contributed by atoms with Gasteiger partial charge >= 0.3 is 0 Å². The Balaban J connectivity index is 2.09. The van der Waals surface area contributed by atoms with Crippen LogP contribution in [0.25, 0.3) is 0 Å². The maximum atomic E-state index is 9.12. The molecule has 86 valence electrons. The molecule has 5 nitrogen and oxygen atoms in total. The molecule has 1 aromatic carbocycles. The third kappa shape index (κ3) is 2.94. The van der Waals surface area contributed by atoms with E-state index in [0.717, 1.165) is 5.56 Å². The number of aromatic hydroxyl groups is 1. The van der Waals surface area contributed by atoms with Gasteiger partial charge in [-0.2, -0.15) is 5.10 Å². The van der Waals surface area contributed by atoms with Crippen LogP contribution in [0.2, 0.25) is 0 Å². The molecule has 0 radical (unpaired) electrons. The lowest BCUT2D eigenvalue weighted by atomic mass is 10.2. The minimum atomic E-state index is 0.184. The first kappa shape index (κ1) is 10.9. The van der Waals surface area contributed by atoms with Crippen LogP contribution >= 0.6 is 0 Å². The largest absolute Gasteiger partial charge is 0.508 e. The second-order valence-corrected chi connectivity index (χ2v) is 3.33. The molecule has 1 heterocycles. The van der Waals surface area contributed by atoms with Crippen molar-refractivity contribution in [2.75, 3.05) is 0 Å². The highest BCUT2D eigenvalue weighted by Crippen LogP contribution is 2.09. The van der Waals surface area contributed by atoms with Crippen molar-refractivity contribution in [1.82, 2.24) is 0 Å². The Hall–Kier alpha value is -2.56. The summed E-state index contributed by atoms with van der Waals surface area (Å²) in [5, 5.41) is 16.8. The Kier molecular flexibility index (Phi) is 3.20. The van der Waals surface area contributed by atoms with Gasteiger partial charge in [0.2, 0.25) is 0 Å². The molecule has 0 aliphatic rings. The number of hydrogen-bond acceptors (Lipinski definition) is 4. The molecule has 1 aromatic heterocycles. The smallest absolute Gasteiger partial charge is 0.153 e. The summed E-state index contributed by atoms with van der Waals surface area (Å²) in [6.07, 6.45) is 4.64. The normalized spacial score (nSPS) is 12.1. The third-order valence-electron chi connectivity index (χ3n) is 2.08. The first-order chi connectivity index (χ1) is 8.25. The molecule has 0 bridgehead atoms. The van der Waals surface area contributed by atoms with Crippen LogP contribution in [-0.4, -0.2) is 17.2 Å². The van der Waals surface area contributed by atoms with Gasteiger partial charge in [0.1, 0.15) is 5.75 Å². The molecular weight excluding hydrogens is 218 g/mol. The lowest BCUT2D eigenvalue weighted by Crippen LogP contribution is -2.12. The van der Waals surface area contributed by atoms with Crippen LogP contribution in [0.15, 0.2) is 57.5 Å². The molecule has 2 rings (SSSR count). The average molecular weight is 229 g/mol. The molecule has 17 heavy (non-hydrogen) atoms. The predicted molar refractivity (Wildman–Crippen MR) is 65.1 cm³/mol. The third-order valence-corrected chi connectivity index (χ3v) is 2.08. The Morgan fingerprint density at radius 3 is 2.65 bits per heavy atom. The van der Waals surface area contributed by atoms with Crippen LogP contribution in [0.3, 0.4) is 0 Å². The van der Waals surface area contributed by atoms with Crippen molar-refractivity contribution in [3.63, 3.8) is 0 Å². The molecule has 2 aromatic rings. The number of hydrogen-bond donors (Lipinski definition) is 2. The Labute approximate surface area is 97.9 Å². The number of phenols is 1. The first-order valence-electron chi connectivity index (χ1n) is 4.94. The van der Waals surface area contributed by atoms with E-state index < -0.39 is 0 Å². The van der Waals surface area contributed by atoms with Crippen molar-refractivity contribution >= 4 is 12.1 Å². The number of nitrogens with zero attached hydrogens (tertiary/aromatic N) is 2. The van der Waals surface area contributed by atoms with E-state index in [2.05, 4.69) is 10.2 Å². The fraction of sp³-hybridized carbons (Fsp3) is 0. The molecule has 0 fully saturated rings. The van der Waals surface area contributed by atoms with Gasteiger partial charge in [0.15, 0.2) is 5.84 Å². The zero-order chi connectivity index (χ0) is 12.1. The van der Waals surface area contributed by atoms with Crippen molar-refractivity contribution < 1.29 is 9.52 Å². The minimum Gasteiger partial charge on any atom is -0.508 e. The van der Waals surface area contributed by atoms with E-state index in [9.17, 15) is 0 Å². The number of rotatable bonds is 3. The zero-order valence-corrected chi connectivity index (χ0v) is 8.95. The van der Waals surface area contributed by atoms with Crippen LogP contribution in [0.4, 0.5) is 0 Å². The molecule has 3 N–H and O–H groups in total. The fourth-order valence-electron chi connectivity index (χ4n) is 1.20. The molecule has 0 saturated carbocycles. The van der Waals surface area contributed by atoms with Gasteiger partial charge in [-0.05, 0) is 30.3 Å². The SMILES string of the molecule is NC(=NN=Cc1ccoc1)c1ccc(O)cc1. The van der Waals surface area contributed by atoms with Gasteiger partial charge in [0.25, 0.3) is 0 Å². The Morgan fingerprint density at radius 2 is 2.00 bits per heavy atom. The summed E-state index contributed by atoms with van der Waals surface area (Å²) in [5.74, 6) is 0.466. The maximum absolute atomic E-state index is 9.12. The summed E-state index contributed by atoms with van der Waals surface area (Å²) in [5.41, 5.74) is 7.23. The topological polar surface area (TPSA) is 84.1 Å². The second-order valence-electron chi connectivity index (χ2n) is 3.33. The fourth-order valence-corrected chi connectivity index (χ4v) is 1.20. The van der Waals surface area contributed by atoms with Gasteiger partial charge < -0.3 is 15.3 Å². The second kappa shape index (κ2) is 4.98. The standard InChI is InChI=1S/C12H11N3O2/c13-12(10-1-3-11(16)4-2-10)15-14-7-9-5-6-17-8-9/h1-8,16H,(H2,13,15). The lowest BCUT2D eigenvalue weighted by molar-refractivity contribution is 0.475. The molecule has 0 saturated heterocycles. The molecular formula is C12H11N3O2. The lowest BCUT2D eigenvalue weighted by Gasteiger charge is -1.97. The number of furan rings is 1. The molecule has 5 heteroatoms. The summed E-state index contributed by atoms with van der Waals surface area (Å²) in [6, 6.07) is 8.17. The van der Waals surface area contributed by atoms with Crippen molar-refractivity contribution in [2.45, 2.75) is 0 Å². The summed E-state index contributed by atoms with van der Waals surface area (Å²) < 4.78 is 4.87. The van der Waals surface area contributed by atoms with Gasteiger partial charge in [-0.3, -0.25) is 0 Å². The van der Waals surface area contributed by atoms with E-state index in [0.29, 0.717) is 5.56 Å². The van der Waals surface area contributed by atoms with Gasteiger partial charge in [-0.1, -0.05) is 0 Å². The van der Waals surface area contributed by atoms with Gasteiger partial charge in [0, 0.05) is 11.1 Å². The van der Waals surface area contributed by atoms with Crippen LogP contribution in [0, 0.1) is 0 Å². The van der Waals surface area contributed by atoms with E-state index in [4.69, 9.17) is 15.3 Å². The van der Waals surface area contributed by atoms with Crippen molar-refractivity contribution in [3.05, 3.63) is 54.0 Å². The molecule has 0 aliphatic carbocycles. The number of amidine groups is 1.